The van der Waals surface area contributed by atoms with E-state index in [4.69, 9.17) is 11.6 Å². The van der Waals surface area contributed by atoms with Gasteiger partial charge < -0.3 is 10.6 Å². The van der Waals surface area contributed by atoms with Crippen LogP contribution >= 0.6 is 11.6 Å². The lowest BCUT2D eigenvalue weighted by molar-refractivity contribution is 0.241. The third kappa shape index (κ3) is 5.41. The van der Waals surface area contributed by atoms with Gasteiger partial charge in [-0.25, -0.2) is 4.79 Å². The van der Waals surface area contributed by atoms with Crippen molar-refractivity contribution in [2.75, 3.05) is 0 Å². The van der Waals surface area contributed by atoms with Gasteiger partial charge in [-0.3, -0.25) is 0 Å². The normalized spacial score (nSPS) is 12.4. The lowest BCUT2D eigenvalue weighted by Gasteiger charge is -2.10. The first-order valence-electron chi connectivity index (χ1n) is 5.61. The maximum atomic E-state index is 11.4. The van der Waals surface area contributed by atoms with Crippen molar-refractivity contribution < 1.29 is 4.79 Å². The Morgan fingerprint density at radius 1 is 1.41 bits per heavy atom. The lowest BCUT2D eigenvalue weighted by atomic mass is 10.2. The summed E-state index contributed by atoms with van der Waals surface area (Å²) in [6.07, 6.45) is 4.34. The molecule has 92 valence electrons. The highest BCUT2D eigenvalue weighted by Crippen LogP contribution is 2.10. The molecule has 0 aliphatic carbocycles. The van der Waals surface area contributed by atoms with Gasteiger partial charge in [0.2, 0.25) is 0 Å². The van der Waals surface area contributed by atoms with Gasteiger partial charge >= 0.3 is 6.03 Å². The zero-order valence-electron chi connectivity index (χ0n) is 10.0. The highest BCUT2D eigenvalue weighted by Gasteiger charge is 2.01. The zero-order chi connectivity index (χ0) is 12.7. The molecule has 0 radical (unpaired) electrons. The molecule has 0 aliphatic heterocycles. The molecule has 17 heavy (non-hydrogen) atoms. The molecule has 0 fully saturated rings. The lowest BCUT2D eigenvalue weighted by Crippen LogP contribution is -2.38. The van der Waals surface area contributed by atoms with Gasteiger partial charge in [0.05, 0.1) is 0 Å². The van der Waals surface area contributed by atoms with Crippen molar-refractivity contribution in [3.63, 3.8) is 0 Å². The van der Waals surface area contributed by atoms with Crippen LogP contribution in [0.4, 0.5) is 4.79 Å². The van der Waals surface area contributed by atoms with Gasteiger partial charge in [-0.2, -0.15) is 0 Å². The first-order chi connectivity index (χ1) is 8.11. The molecule has 1 unspecified atom stereocenters. The molecule has 2 amide bonds. The number of urea groups is 1. The summed E-state index contributed by atoms with van der Waals surface area (Å²) in [6, 6.07) is 7.37. The summed E-state index contributed by atoms with van der Waals surface area (Å²) in [7, 11) is 0. The number of carbonyl (C=O) groups is 1. The first kappa shape index (κ1) is 13.6. The molecular weight excluding hydrogens is 236 g/mol. The van der Waals surface area contributed by atoms with Gasteiger partial charge in [0.25, 0.3) is 0 Å². The van der Waals surface area contributed by atoms with Gasteiger partial charge in [0, 0.05) is 17.3 Å². The van der Waals surface area contributed by atoms with Crippen molar-refractivity contribution >= 4 is 23.7 Å². The van der Waals surface area contributed by atoms with Gasteiger partial charge in [-0.15, -0.1) is 0 Å². The summed E-state index contributed by atoms with van der Waals surface area (Å²) in [5.41, 5.74) is 0.984. The fraction of sp³-hybridized carbons (Fsp3) is 0.308. The second-order valence-electron chi connectivity index (χ2n) is 3.81. The molecule has 0 heterocycles. The smallest absolute Gasteiger partial charge is 0.318 e. The van der Waals surface area contributed by atoms with Crippen molar-refractivity contribution in [2.45, 2.75) is 26.3 Å². The van der Waals surface area contributed by atoms with E-state index in [2.05, 4.69) is 10.6 Å². The summed E-state index contributed by atoms with van der Waals surface area (Å²) >= 11 is 5.77. The number of rotatable bonds is 4. The van der Waals surface area contributed by atoms with Crippen molar-refractivity contribution in [3.8, 4) is 0 Å². The molecular formula is C13H17ClN2O. The number of amides is 2. The second-order valence-corrected chi connectivity index (χ2v) is 4.25. The van der Waals surface area contributed by atoms with Crippen LogP contribution in [-0.4, -0.2) is 12.1 Å². The Bertz CT molecular complexity index is 387. The zero-order valence-corrected chi connectivity index (χ0v) is 10.8. The van der Waals surface area contributed by atoms with Crippen LogP contribution in [0.2, 0.25) is 5.02 Å². The minimum absolute atomic E-state index is 0.180. The van der Waals surface area contributed by atoms with Crippen LogP contribution in [0.1, 0.15) is 25.8 Å². The van der Waals surface area contributed by atoms with Crippen molar-refractivity contribution in [3.05, 3.63) is 41.1 Å². The van der Waals surface area contributed by atoms with Crippen LogP contribution in [0.15, 0.2) is 30.5 Å². The summed E-state index contributed by atoms with van der Waals surface area (Å²) in [4.78, 5) is 11.4. The highest BCUT2D eigenvalue weighted by atomic mass is 35.5. The Morgan fingerprint density at radius 2 is 2.06 bits per heavy atom. The SMILES string of the molecule is CCC(C)NC(=O)N/C=C/c1ccc(Cl)cc1. The van der Waals surface area contributed by atoms with Crippen LogP contribution in [-0.2, 0) is 0 Å². The third-order valence-electron chi connectivity index (χ3n) is 2.35. The number of carbonyl (C=O) groups excluding carboxylic acids is 1. The molecule has 1 aromatic carbocycles. The number of benzene rings is 1. The van der Waals surface area contributed by atoms with Gasteiger partial charge in [-0.1, -0.05) is 30.7 Å². The molecule has 0 saturated carbocycles. The Hall–Kier alpha value is -1.48. The van der Waals surface area contributed by atoms with Crippen molar-refractivity contribution in [2.24, 2.45) is 0 Å². The first-order valence-corrected chi connectivity index (χ1v) is 5.98. The third-order valence-corrected chi connectivity index (χ3v) is 2.60. The minimum atomic E-state index is -0.190. The number of hydrogen-bond acceptors (Lipinski definition) is 1. The van der Waals surface area contributed by atoms with E-state index in [1.54, 1.807) is 18.3 Å². The molecule has 1 aromatic rings. The van der Waals surface area contributed by atoms with Crippen LogP contribution < -0.4 is 10.6 Å². The topological polar surface area (TPSA) is 41.1 Å². The van der Waals surface area contributed by atoms with E-state index in [0.717, 1.165) is 12.0 Å². The molecule has 3 nitrogen and oxygen atoms in total. The van der Waals surface area contributed by atoms with Crippen LogP contribution in [0, 0.1) is 0 Å². The predicted molar refractivity (Wildman–Crippen MR) is 71.9 cm³/mol. The van der Waals surface area contributed by atoms with E-state index in [1.807, 2.05) is 32.1 Å². The Balaban J connectivity index is 2.39. The van der Waals surface area contributed by atoms with Gasteiger partial charge in [0.1, 0.15) is 0 Å². The van der Waals surface area contributed by atoms with E-state index in [9.17, 15) is 4.79 Å². The second kappa shape index (κ2) is 6.97. The largest absolute Gasteiger partial charge is 0.335 e. The van der Waals surface area contributed by atoms with Crippen molar-refractivity contribution in [1.82, 2.24) is 10.6 Å². The van der Waals surface area contributed by atoms with E-state index >= 15 is 0 Å². The van der Waals surface area contributed by atoms with Gasteiger partial charge in [-0.05, 0) is 37.1 Å². The highest BCUT2D eigenvalue weighted by molar-refractivity contribution is 6.30. The Morgan fingerprint density at radius 3 is 2.65 bits per heavy atom. The summed E-state index contributed by atoms with van der Waals surface area (Å²) in [5.74, 6) is 0. The van der Waals surface area contributed by atoms with E-state index < -0.39 is 0 Å². The maximum Gasteiger partial charge on any atom is 0.318 e. The average molecular weight is 253 g/mol. The van der Waals surface area contributed by atoms with Crippen LogP contribution in [0.5, 0.6) is 0 Å². The minimum Gasteiger partial charge on any atom is -0.335 e. The molecule has 0 spiro atoms. The summed E-state index contributed by atoms with van der Waals surface area (Å²) in [6.45, 7) is 3.98. The van der Waals surface area contributed by atoms with E-state index in [1.165, 1.54) is 0 Å². The van der Waals surface area contributed by atoms with Crippen LogP contribution in [0.3, 0.4) is 0 Å². The average Bonchev–Trinajstić information content (AvgIpc) is 2.31. The molecule has 0 saturated heterocycles. The monoisotopic (exact) mass is 252 g/mol. The number of hydrogen-bond donors (Lipinski definition) is 2. The van der Waals surface area contributed by atoms with Crippen molar-refractivity contribution in [1.29, 1.82) is 0 Å². The molecule has 0 bridgehead atoms. The number of halogens is 1. The molecule has 0 aliphatic rings. The van der Waals surface area contributed by atoms with E-state index in [0.29, 0.717) is 5.02 Å². The summed E-state index contributed by atoms with van der Waals surface area (Å²) in [5, 5.41) is 6.15. The fourth-order valence-electron chi connectivity index (χ4n) is 1.15. The maximum absolute atomic E-state index is 11.4. The quantitative estimate of drug-likeness (QED) is 0.847. The predicted octanol–water partition coefficient (Wildman–Crippen LogP) is 3.41. The fourth-order valence-corrected chi connectivity index (χ4v) is 1.28. The Kier molecular flexibility index (Phi) is 5.57. The molecule has 1 rings (SSSR count). The molecule has 4 heteroatoms. The Labute approximate surface area is 107 Å². The molecule has 0 aromatic heterocycles. The van der Waals surface area contributed by atoms with Gasteiger partial charge in [0.15, 0.2) is 0 Å². The molecule has 1 atom stereocenters. The summed E-state index contributed by atoms with van der Waals surface area (Å²) < 4.78 is 0. The van der Waals surface area contributed by atoms with Crippen LogP contribution in [0.25, 0.3) is 6.08 Å². The van der Waals surface area contributed by atoms with E-state index in [-0.39, 0.29) is 12.1 Å². The molecule has 2 N–H and O–H groups in total. The standard InChI is InChI=1S/C13H17ClN2O/c1-3-10(2)16-13(17)15-9-8-11-4-6-12(14)7-5-11/h4-10H,3H2,1-2H3,(H2,15,16,17)/b9-8+. The number of nitrogens with one attached hydrogen (secondary N) is 2.